The summed E-state index contributed by atoms with van der Waals surface area (Å²) in [6.45, 7) is 6.39. The molecule has 84 valence electrons. The molecule has 0 aliphatic rings. The van der Waals surface area contributed by atoms with E-state index in [0.717, 1.165) is 13.1 Å². The monoisotopic (exact) mass is 206 g/mol. The summed E-state index contributed by atoms with van der Waals surface area (Å²) < 4.78 is 0. The molecular weight excluding hydrogens is 184 g/mol. The Hall–Kier alpha value is -1.18. The van der Waals surface area contributed by atoms with Gasteiger partial charge in [-0.15, -0.1) is 0 Å². The second-order valence-corrected chi connectivity index (χ2v) is 3.74. The van der Waals surface area contributed by atoms with Crippen molar-refractivity contribution >= 4 is 11.4 Å². The molecule has 2 N–H and O–H groups in total. The molecule has 15 heavy (non-hydrogen) atoms. The summed E-state index contributed by atoms with van der Waals surface area (Å²) >= 11 is 0. The van der Waals surface area contributed by atoms with Crippen LogP contribution in [0.25, 0.3) is 0 Å². The van der Waals surface area contributed by atoms with Gasteiger partial charge in [-0.25, -0.2) is 0 Å². The van der Waals surface area contributed by atoms with Gasteiger partial charge in [-0.1, -0.05) is 19.8 Å². The minimum Gasteiger partial charge on any atom is -0.385 e. The van der Waals surface area contributed by atoms with E-state index in [9.17, 15) is 0 Å². The molecule has 0 saturated carbocycles. The highest BCUT2D eigenvalue weighted by atomic mass is 14.9. The lowest BCUT2D eigenvalue weighted by atomic mass is 10.2. The Balaban J connectivity index is 2.29. The van der Waals surface area contributed by atoms with Crippen molar-refractivity contribution in [2.24, 2.45) is 0 Å². The number of rotatable bonds is 7. The molecule has 0 bridgehead atoms. The fourth-order valence-electron chi connectivity index (χ4n) is 1.52. The highest BCUT2D eigenvalue weighted by molar-refractivity contribution is 5.53. The number of hydrogen-bond donors (Lipinski definition) is 2. The maximum Gasteiger partial charge on any atom is 0.0341 e. The van der Waals surface area contributed by atoms with Crippen LogP contribution >= 0.6 is 0 Å². The number of benzene rings is 1. The van der Waals surface area contributed by atoms with E-state index in [4.69, 9.17) is 0 Å². The van der Waals surface area contributed by atoms with Gasteiger partial charge in [0, 0.05) is 24.5 Å². The predicted octanol–water partition coefficient (Wildman–Crippen LogP) is 3.72. The van der Waals surface area contributed by atoms with Crippen molar-refractivity contribution in [1.29, 1.82) is 0 Å². The lowest BCUT2D eigenvalue weighted by molar-refractivity contribution is 0.744. The first-order valence-electron chi connectivity index (χ1n) is 5.94. The van der Waals surface area contributed by atoms with Gasteiger partial charge in [0.05, 0.1) is 0 Å². The van der Waals surface area contributed by atoms with E-state index >= 15 is 0 Å². The molecule has 2 nitrogen and oxygen atoms in total. The van der Waals surface area contributed by atoms with Crippen LogP contribution in [-0.4, -0.2) is 13.1 Å². The Bertz CT molecular complexity index is 254. The molecule has 0 aliphatic heterocycles. The number of unbranched alkanes of at least 4 members (excludes halogenated alkanes) is 2. The normalized spacial score (nSPS) is 10.0. The van der Waals surface area contributed by atoms with Gasteiger partial charge in [-0.3, -0.25) is 0 Å². The Labute approximate surface area is 93.1 Å². The van der Waals surface area contributed by atoms with Crippen LogP contribution in [-0.2, 0) is 0 Å². The smallest absolute Gasteiger partial charge is 0.0341 e. The fourth-order valence-corrected chi connectivity index (χ4v) is 1.52. The van der Waals surface area contributed by atoms with Crippen molar-refractivity contribution in [1.82, 2.24) is 0 Å². The van der Waals surface area contributed by atoms with Crippen molar-refractivity contribution in [2.75, 3.05) is 23.7 Å². The summed E-state index contributed by atoms with van der Waals surface area (Å²) in [6, 6.07) is 8.49. The van der Waals surface area contributed by atoms with Gasteiger partial charge in [0.15, 0.2) is 0 Å². The van der Waals surface area contributed by atoms with Crippen molar-refractivity contribution < 1.29 is 0 Å². The van der Waals surface area contributed by atoms with Crippen molar-refractivity contribution in [3.63, 3.8) is 0 Å². The molecule has 1 aromatic rings. The Morgan fingerprint density at radius 3 is 2.00 bits per heavy atom. The van der Waals surface area contributed by atoms with E-state index in [2.05, 4.69) is 48.7 Å². The summed E-state index contributed by atoms with van der Waals surface area (Å²) in [4.78, 5) is 0. The molecule has 0 aliphatic carbocycles. The largest absolute Gasteiger partial charge is 0.385 e. The molecule has 2 heteroatoms. The van der Waals surface area contributed by atoms with Crippen LogP contribution in [0.5, 0.6) is 0 Å². The molecular formula is C13H22N2. The minimum atomic E-state index is 0.975. The van der Waals surface area contributed by atoms with Crippen LogP contribution in [0.1, 0.15) is 33.1 Å². The molecule has 1 rings (SSSR count). The molecule has 0 radical (unpaired) electrons. The first kappa shape index (κ1) is 11.9. The summed E-state index contributed by atoms with van der Waals surface area (Å²) in [5.74, 6) is 0. The van der Waals surface area contributed by atoms with E-state index in [1.165, 1.54) is 30.6 Å². The molecule has 1 aromatic carbocycles. The maximum atomic E-state index is 3.42. The summed E-state index contributed by atoms with van der Waals surface area (Å²) in [7, 11) is 0. The Kier molecular flexibility index (Phi) is 5.67. The zero-order valence-corrected chi connectivity index (χ0v) is 9.84. The maximum absolute atomic E-state index is 3.42. The molecule has 0 fully saturated rings. The van der Waals surface area contributed by atoms with Crippen LogP contribution in [0.2, 0.25) is 0 Å². The SMILES string of the molecule is CCCCCNc1ccc(NCC)cc1. The van der Waals surface area contributed by atoms with E-state index in [-0.39, 0.29) is 0 Å². The minimum absolute atomic E-state index is 0.975. The van der Waals surface area contributed by atoms with Gasteiger partial charge in [-0.05, 0) is 37.6 Å². The first-order chi connectivity index (χ1) is 7.36. The van der Waals surface area contributed by atoms with Crippen LogP contribution < -0.4 is 10.6 Å². The van der Waals surface area contributed by atoms with Crippen molar-refractivity contribution in [2.45, 2.75) is 33.1 Å². The average molecular weight is 206 g/mol. The van der Waals surface area contributed by atoms with Crippen LogP contribution in [0.15, 0.2) is 24.3 Å². The van der Waals surface area contributed by atoms with Gasteiger partial charge < -0.3 is 10.6 Å². The number of anilines is 2. The lowest BCUT2D eigenvalue weighted by Gasteiger charge is -2.07. The zero-order valence-electron chi connectivity index (χ0n) is 9.84. The predicted molar refractivity (Wildman–Crippen MR) is 68.6 cm³/mol. The van der Waals surface area contributed by atoms with E-state index in [0.29, 0.717) is 0 Å². The van der Waals surface area contributed by atoms with Gasteiger partial charge in [0.2, 0.25) is 0 Å². The molecule has 0 heterocycles. The topological polar surface area (TPSA) is 24.1 Å². The second kappa shape index (κ2) is 7.16. The van der Waals surface area contributed by atoms with Crippen LogP contribution in [0, 0.1) is 0 Å². The molecule has 0 aromatic heterocycles. The standard InChI is InChI=1S/C13H22N2/c1-3-5-6-11-15-13-9-7-12(8-10-13)14-4-2/h7-10,14-15H,3-6,11H2,1-2H3. The van der Waals surface area contributed by atoms with E-state index in [1.807, 2.05) is 0 Å². The third-order valence-corrected chi connectivity index (χ3v) is 2.38. The summed E-state index contributed by atoms with van der Waals surface area (Å²) in [6.07, 6.45) is 3.84. The van der Waals surface area contributed by atoms with E-state index < -0.39 is 0 Å². The molecule has 0 atom stereocenters. The van der Waals surface area contributed by atoms with Crippen LogP contribution in [0.4, 0.5) is 11.4 Å². The summed E-state index contributed by atoms with van der Waals surface area (Å²) in [5, 5.41) is 6.70. The third-order valence-electron chi connectivity index (χ3n) is 2.38. The second-order valence-electron chi connectivity index (χ2n) is 3.74. The van der Waals surface area contributed by atoms with Gasteiger partial charge >= 0.3 is 0 Å². The zero-order chi connectivity index (χ0) is 10.9. The van der Waals surface area contributed by atoms with Crippen LogP contribution in [0.3, 0.4) is 0 Å². The summed E-state index contributed by atoms with van der Waals surface area (Å²) in [5.41, 5.74) is 2.41. The Morgan fingerprint density at radius 1 is 0.867 bits per heavy atom. The quantitative estimate of drug-likeness (QED) is 0.664. The molecule has 0 spiro atoms. The van der Waals surface area contributed by atoms with Gasteiger partial charge in [0.1, 0.15) is 0 Å². The number of hydrogen-bond acceptors (Lipinski definition) is 2. The fraction of sp³-hybridized carbons (Fsp3) is 0.538. The first-order valence-corrected chi connectivity index (χ1v) is 5.94. The highest BCUT2D eigenvalue weighted by Gasteiger charge is 1.92. The van der Waals surface area contributed by atoms with Gasteiger partial charge in [0.25, 0.3) is 0 Å². The van der Waals surface area contributed by atoms with Crippen molar-refractivity contribution in [3.8, 4) is 0 Å². The third kappa shape index (κ3) is 4.73. The van der Waals surface area contributed by atoms with Crippen molar-refractivity contribution in [3.05, 3.63) is 24.3 Å². The number of nitrogens with one attached hydrogen (secondary N) is 2. The van der Waals surface area contributed by atoms with Gasteiger partial charge in [-0.2, -0.15) is 0 Å². The molecule has 0 unspecified atom stereocenters. The average Bonchev–Trinajstić information content (AvgIpc) is 2.27. The lowest BCUT2D eigenvalue weighted by Crippen LogP contribution is -2.01. The highest BCUT2D eigenvalue weighted by Crippen LogP contribution is 2.13. The van der Waals surface area contributed by atoms with E-state index in [1.54, 1.807) is 0 Å². The molecule has 0 amide bonds. The molecule has 0 saturated heterocycles. The Morgan fingerprint density at radius 2 is 1.47 bits per heavy atom.